The van der Waals surface area contributed by atoms with Gasteiger partial charge in [-0.25, -0.2) is 4.39 Å². The highest BCUT2D eigenvalue weighted by atomic mass is 79.9. The Morgan fingerprint density at radius 2 is 1.67 bits per heavy atom. The third-order valence-electron chi connectivity index (χ3n) is 5.77. The number of nitrogens with one attached hydrogen (secondary N) is 2. The van der Waals surface area contributed by atoms with Crippen LogP contribution in [0, 0.1) is 5.82 Å². The van der Waals surface area contributed by atoms with Gasteiger partial charge in [0.05, 0.1) is 5.56 Å². The smallest absolute Gasteiger partial charge is 0.253 e. The molecule has 0 saturated carbocycles. The predicted molar refractivity (Wildman–Crippen MR) is 131 cm³/mol. The number of halogens is 2. The van der Waals surface area contributed by atoms with E-state index in [0.29, 0.717) is 17.7 Å². The number of hydrogen-bond donors (Lipinski definition) is 2. The Labute approximate surface area is 201 Å². The van der Waals surface area contributed by atoms with Gasteiger partial charge in [-0.3, -0.25) is 9.59 Å². The van der Waals surface area contributed by atoms with E-state index in [1.54, 1.807) is 18.2 Å². The summed E-state index contributed by atoms with van der Waals surface area (Å²) in [6.07, 6.45) is 1.59. The molecule has 1 aliphatic heterocycles. The first-order chi connectivity index (χ1) is 16.0. The average molecular weight is 510 g/mol. The van der Waals surface area contributed by atoms with Crippen molar-refractivity contribution in [1.29, 1.82) is 0 Å². The lowest BCUT2D eigenvalue weighted by Crippen LogP contribution is -2.45. The van der Waals surface area contributed by atoms with Gasteiger partial charge in [0, 0.05) is 41.4 Å². The first kappa shape index (κ1) is 23.0. The van der Waals surface area contributed by atoms with Crippen LogP contribution >= 0.6 is 15.9 Å². The molecule has 7 heteroatoms. The number of hydrogen-bond acceptors (Lipinski definition) is 3. The lowest BCUT2D eigenvalue weighted by atomic mass is 10.0. The Bertz CT molecular complexity index is 1130. The van der Waals surface area contributed by atoms with Crippen LogP contribution < -0.4 is 15.5 Å². The number of carbonyl (C=O) groups is 2. The molecule has 2 amide bonds. The van der Waals surface area contributed by atoms with Crippen LogP contribution in [0.4, 0.5) is 10.1 Å². The maximum Gasteiger partial charge on any atom is 0.253 e. The highest BCUT2D eigenvalue weighted by molar-refractivity contribution is 9.10. The van der Waals surface area contributed by atoms with Gasteiger partial charge in [0.15, 0.2) is 0 Å². The predicted octanol–water partition coefficient (Wildman–Crippen LogP) is 4.92. The largest absolute Gasteiger partial charge is 0.371 e. The number of nitrogens with zero attached hydrogens (tertiary/aromatic N) is 1. The van der Waals surface area contributed by atoms with Gasteiger partial charge in [0.2, 0.25) is 0 Å². The van der Waals surface area contributed by atoms with Crippen LogP contribution in [0.25, 0.3) is 0 Å². The maximum atomic E-state index is 13.1. The molecular weight excluding hydrogens is 485 g/mol. The number of carbonyl (C=O) groups excluding carboxylic acids is 2. The Kier molecular flexibility index (Phi) is 7.40. The fourth-order valence-corrected chi connectivity index (χ4v) is 4.38. The van der Waals surface area contributed by atoms with Crippen LogP contribution in [0.15, 0.2) is 77.3 Å². The van der Waals surface area contributed by atoms with Crippen molar-refractivity contribution in [2.75, 3.05) is 18.0 Å². The van der Waals surface area contributed by atoms with Crippen molar-refractivity contribution in [1.82, 2.24) is 10.6 Å². The van der Waals surface area contributed by atoms with E-state index in [0.717, 1.165) is 41.7 Å². The first-order valence-electron chi connectivity index (χ1n) is 10.9. The van der Waals surface area contributed by atoms with Gasteiger partial charge in [-0.2, -0.15) is 0 Å². The average Bonchev–Trinajstić information content (AvgIpc) is 2.84. The number of rotatable bonds is 6. The molecule has 1 heterocycles. The molecule has 0 bridgehead atoms. The number of benzene rings is 3. The molecule has 4 rings (SSSR count). The summed E-state index contributed by atoms with van der Waals surface area (Å²) in [7, 11) is 0. The van der Waals surface area contributed by atoms with E-state index >= 15 is 0 Å². The summed E-state index contributed by atoms with van der Waals surface area (Å²) < 4.78 is 14.0. The van der Waals surface area contributed by atoms with E-state index in [-0.39, 0.29) is 23.7 Å². The van der Waals surface area contributed by atoms with Crippen LogP contribution in [0.3, 0.4) is 0 Å². The van der Waals surface area contributed by atoms with Crippen molar-refractivity contribution in [2.45, 2.75) is 25.4 Å². The fraction of sp³-hybridized carbons (Fsp3) is 0.231. The zero-order chi connectivity index (χ0) is 23.2. The minimum Gasteiger partial charge on any atom is -0.371 e. The van der Waals surface area contributed by atoms with E-state index in [2.05, 4.69) is 31.5 Å². The molecule has 5 nitrogen and oxygen atoms in total. The summed E-state index contributed by atoms with van der Waals surface area (Å²) in [6, 6.07) is 21.1. The SMILES string of the molecule is O=C(NC1CCN(c2ccccc2C(=O)NCc2ccc(F)cc2)CC1)c1cccc(Br)c1. The van der Waals surface area contributed by atoms with E-state index in [1.807, 2.05) is 42.5 Å². The standard InChI is InChI=1S/C26H25BrFN3O2/c27-20-5-3-4-19(16-20)25(32)30-22-12-14-31(15-13-22)24-7-2-1-6-23(24)26(33)29-17-18-8-10-21(28)11-9-18/h1-11,16,22H,12-15,17H2,(H,29,33)(H,30,32). The molecule has 0 aromatic heterocycles. The van der Waals surface area contributed by atoms with Crippen molar-refractivity contribution in [3.05, 3.63) is 99.8 Å². The zero-order valence-electron chi connectivity index (χ0n) is 18.1. The van der Waals surface area contributed by atoms with Crippen molar-refractivity contribution in [3.8, 4) is 0 Å². The quantitative estimate of drug-likeness (QED) is 0.495. The normalized spacial score (nSPS) is 14.1. The summed E-state index contributed by atoms with van der Waals surface area (Å²) in [5.41, 5.74) is 2.96. The topological polar surface area (TPSA) is 61.4 Å². The summed E-state index contributed by atoms with van der Waals surface area (Å²) in [6.45, 7) is 1.81. The van der Waals surface area contributed by atoms with Crippen molar-refractivity contribution >= 4 is 33.4 Å². The lowest BCUT2D eigenvalue weighted by Gasteiger charge is -2.35. The van der Waals surface area contributed by atoms with Gasteiger partial charge in [0.1, 0.15) is 5.82 Å². The molecule has 3 aromatic rings. The number of amides is 2. The van der Waals surface area contributed by atoms with Crippen molar-refractivity contribution < 1.29 is 14.0 Å². The molecule has 1 saturated heterocycles. The Morgan fingerprint density at radius 3 is 2.39 bits per heavy atom. The first-order valence-corrected chi connectivity index (χ1v) is 11.7. The van der Waals surface area contributed by atoms with Gasteiger partial charge < -0.3 is 15.5 Å². The maximum absolute atomic E-state index is 13.1. The van der Waals surface area contributed by atoms with Gasteiger partial charge in [-0.05, 0) is 60.9 Å². The molecular formula is C26H25BrFN3O2. The third kappa shape index (κ3) is 5.99. The van der Waals surface area contributed by atoms with Crippen molar-refractivity contribution in [3.63, 3.8) is 0 Å². The molecule has 33 heavy (non-hydrogen) atoms. The zero-order valence-corrected chi connectivity index (χ0v) is 19.6. The second-order valence-corrected chi connectivity index (χ2v) is 8.99. The summed E-state index contributed by atoms with van der Waals surface area (Å²) >= 11 is 3.40. The minimum absolute atomic E-state index is 0.0738. The van der Waals surface area contributed by atoms with Crippen LogP contribution in [-0.4, -0.2) is 30.9 Å². The highest BCUT2D eigenvalue weighted by Crippen LogP contribution is 2.25. The van der Waals surface area contributed by atoms with Gasteiger partial charge in [-0.15, -0.1) is 0 Å². The Morgan fingerprint density at radius 1 is 0.939 bits per heavy atom. The molecule has 170 valence electrons. The fourth-order valence-electron chi connectivity index (χ4n) is 3.98. The van der Waals surface area contributed by atoms with Gasteiger partial charge in [-0.1, -0.05) is 46.3 Å². The highest BCUT2D eigenvalue weighted by Gasteiger charge is 2.24. The summed E-state index contributed by atoms with van der Waals surface area (Å²) in [5.74, 6) is -0.540. The molecule has 3 aromatic carbocycles. The molecule has 0 radical (unpaired) electrons. The number of anilines is 1. The Balaban J connectivity index is 1.35. The van der Waals surface area contributed by atoms with Crippen LogP contribution in [0.2, 0.25) is 0 Å². The third-order valence-corrected chi connectivity index (χ3v) is 6.27. The monoisotopic (exact) mass is 509 g/mol. The van der Waals surface area contributed by atoms with Gasteiger partial charge in [0.25, 0.3) is 11.8 Å². The molecule has 0 aliphatic carbocycles. The Hall–Kier alpha value is -3.19. The lowest BCUT2D eigenvalue weighted by molar-refractivity contribution is 0.0929. The van der Waals surface area contributed by atoms with E-state index in [4.69, 9.17) is 0 Å². The molecule has 0 spiro atoms. The number of piperidine rings is 1. The molecule has 1 aliphatic rings. The van der Waals surface area contributed by atoms with Gasteiger partial charge >= 0.3 is 0 Å². The molecule has 1 fully saturated rings. The van der Waals surface area contributed by atoms with E-state index in [9.17, 15) is 14.0 Å². The molecule has 0 atom stereocenters. The molecule has 0 unspecified atom stereocenters. The second kappa shape index (κ2) is 10.6. The van der Waals surface area contributed by atoms with Crippen molar-refractivity contribution in [2.24, 2.45) is 0 Å². The van der Waals surface area contributed by atoms with E-state index in [1.165, 1.54) is 12.1 Å². The summed E-state index contributed by atoms with van der Waals surface area (Å²) in [5, 5.41) is 6.04. The molecule has 2 N–H and O–H groups in total. The van der Waals surface area contributed by atoms with E-state index < -0.39 is 0 Å². The number of para-hydroxylation sites is 1. The van der Waals surface area contributed by atoms with Crippen LogP contribution in [-0.2, 0) is 6.54 Å². The van der Waals surface area contributed by atoms with Crippen LogP contribution in [0.1, 0.15) is 39.1 Å². The van der Waals surface area contributed by atoms with Crippen LogP contribution in [0.5, 0.6) is 0 Å². The second-order valence-electron chi connectivity index (χ2n) is 8.07. The summed E-state index contributed by atoms with van der Waals surface area (Å²) in [4.78, 5) is 27.6. The minimum atomic E-state index is -0.299.